The van der Waals surface area contributed by atoms with Crippen LogP contribution in [0.1, 0.15) is 24.5 Å². The Bertz CT molecular complexity index is 601. The lowest BCUT2D eigenvalue weighted by molar-refractivity contribution is 0.0872. The van der Waals surface area contributed by atoms with E-state index >= 15 is 0 Å². The van der Waals surface area contributed by atoms with Gasteiger partial charge in [0.2, 0.25) is 10.0 Å². The fraction of sp³-hybridized carbons (Fsp3) is 0.600. The van der Waals surface area contributed by atoms with Gasteiger partial charge in [-0.2, -0.15) is 0 Å². The molecule has 0 aromatic heterocycles. The van der Waals surface area contributed by atoms with Crippen LogP contribution in [0.2, 0.25) is 5.02 Å². The highest BCUT2D eigenvalue weighted by molar-refractivity contribution is 7.88. The van der Waals surface area contributed by atoms with Crippen molar-refractivity contribution in [3.63, 3.8) is 0 Å². The van der Waals surface area contributed by atoms with Crippen molar-refractivity contribution in [2.45, 2.75) is 25.0 Å². The van der Waals surface area contributed by atoms with Gasteiger partial charge in [0.25, 0.3) is 0 Å². The fourth-order valence-corrected chi connectivity index (χ4v) is 3.75. The molecule has 2 rings (SSSR count). The van der Waals surface area contributed by atoms with E-state index in [1.807, 2.05) is 12.1 Å². The van der Waals surface area contributed by atoms with E-state index < -0.39 is 16.1 Å². The monoisotopic (exact) mass is 346 g/mol. The maximum absolute atomic E-state index is 11.6. The van der Waals surface area contributed by atoms with Gasteiger partial charge in [-0.3, -0.25) is 0 Å². The van der Waals surface area contributed by atoms with Crippen LogP contribution in [0, 0.1) is 0 Å². The number of halogens is 1. The average Bonchev–Trinajstić information content (AvgIpc) is 2.46. The Morgan fingerprint density at radius 2 is 2.05 bits per heavy atom. The normalized spacial score (nSPS) is 19.5. The Balaban J connectivity index is 1.87. The summed E-state index contributed by atoms with van der Waals surface area (Å²) in [5, 5.41) is 10.9. The van der Waals surface area contributed by atoms with Gasteiger partial charge in [-0.25, -0.2) is 12.7 Å². The van der Waals surface area contributed by atoms with Gasteiger partial charge in [0.1, 0.15) is 0 Å². The lowest BCUT2D eigenvalue weighted by Gasteiger charge is -2.36. The molecule has 0 amide bonds. The first-order chi connectivity index (χ1) is 10.3. The van der Waals surface area contributed by atoms with E-state index in [9.17, 15) is 13.5 Å². The number of benzene rings is 1. The molecule has 1 N–H and O–H groups in total. The summed E-state index contributed by atoms with van der Waals surface area (Å²) < 4.78 is 24.6. The molecule has 1 aromatic carbocycles. The summed E-state index contributed by atoms with van der Waals surface area (Å²) in [5.74, 6) is 0. The zero-order valence-corrected chi connectivity index (χ0v) is 14.5. The highest BCUT2D eigenvalue weighted by Gasteiger charge is 2.27. The van der Waals surface area contributed by atoms with E-state index in [0.29, 0.717) is 11.6 Å². The summed E-state index contributed by atoms with van der Waals surface area (Å²) in [5.41, 5.74) is 0.808. The van der Waals surface area contributed by atoms with E-state index in [2.05, 4.69) is 4.90 Å². The topological polar surface area (TPSA) is 60.9 Å². The minimum atomic E-state index is -3.14. The zero-order valence-electron chi connectivity index (χ0n) is 12.9. The number of rotatable bonds is 5. The highest BCUT2D eigenvalue weighted by Crippen LogP contribution is 2.22. The Morgan fingerprint density at radius 3 is 2.59 bits per heavy atom. The van der Waals surface area contributed by atoms with Crippen molar-refractivity contribution in [2.24, 2.45) is 0 Å². The number of β-amino-alcohol motifs (C(OH)–C–C–N with tert-alkyl or cyclic N) is 1. The zero-order chi connectivity index (χ0) is 16.3. The van der Waals surface area contributed by atoms with Crippen LogP contribution < -0.4 is 0 Å². The van der Waals surface area contributed by atoms with Gasteiger partial charge in [0.15, 0.2) is 0 Å². The first-order valence-electron chi connectivity index (χ1n) is 7.36. The predicted octanol–water partition coefficient (Wildman–Crippen LogP) is 1.73. The summed E-state index contributed by atoms with van der Waals surface area (Å²) in [4.78, 5) is 2.16. The molecule has 0 unspecified atom stereocenters. The largest absolute Gasteiger partial charge is 0.387 e. The van der Waals surface area contributed by atoms with Crippen LogP contribution in [0.5, 0.6) is 0 Å². The van der Waals surface area contributed by atoms with Crippen LogP contribution in [0.15, 0.2) is 24.3 Å². The number of aliphatic hydroxyl groups is 1. The van der Waals surface area contributed by atoms with Crippen molar-refractivity contribution in [3.05, 3.63) is 34.9 Å². The number of piperidine rings is 1. The summed E-state index contributed by atoms with van der Waals surface area (Å²) in [7, 11) is -1.50. The van der Waals surface area contributed by atoms with Crippen molar-refractivity contribution >= 4 is 21.6 Å². The standard InChI is InChI=1S/C15H23ClN2O3S/c1-17(22(2,20)21)14-6-8-18(9-7-14)11-15(19)12-4-3-5-13(16)10-12/h3-5,10,14-15,19H,6-9,11H2,1-2H3/t15-/m0/s1. The Hall–Kier alpha value is -0.660. The minimum Gasteiger partial charge on any atom is -0.387 e. The molecule has 1 fully saturated rings. The molecule has 1 atom stereocenters. The molecular formula is C15H23ClN2O3S. The number of likely N-dealkylation sites (tertiary alicyclic amines) is 1. The van der Waals surface area contributed by atoms with Crippen molar-refractivity contribution in [2.75, 3.05) is 32.9 Å². The minimum absolute atomic E-state index is 0.0505. The Morgan fingerprint density at radius 1 is 1.41 bits per heavy atom. The summed E-state index contributed by atoms with van der Waals surface area (Å²) in [6, 6.07) is 7.30. The van der Waals surface area contributed by atoms with Crippen LogP contribution in [0.4, 0.5) is 0 Å². The number of nitrogens with zero attached hydrogens (tertiary/aromatic N) is 2. The SMILES string of the molecule is CN(C1CCN(C[C@H](O)c2cccc(Cl)c2)CC1)S(C)(=O)=O. The maximum atomic E-state index is 11.6. The second-order valence-electron chi connectivity index (χ2n) is 5.88. The van der Waals surface area contributed by atoms with Gasteiger partial charge in [-0.05, 0) is 43.6 Å². The van der Waals surface area contributed by atoms with Crippen LogP contribution >= 0.6 is 11.6 Å². The summed E-state index contributed by atoms with van der Waals surface area (Å²) in [6.07, 6.45) is 2.22. The van der Waals surface area contributed by atoms with Gasteiger partial charge in [0, 0.05) is 24.7 Å². The van der Waals surface area contributed by atoms with Crippen LogP contribution in [-0.2, 0) is 10.0 Å². The van der Waals surface area contributed by atoms with E-state index in [4.69, 9.17) is 11.6 Å². The molecule has 1 aliphatic heterocycles. The first kappa shape index (κ1) is 17.7. The third-order valence-electron chi connectivity index (χ3n) is 4.26. The fourth-order valence-electron chi connectivity index (χ4n) is 2.80. The molecule has 22 heavy (non-hydrogen) atoms. The molecule has 0 saturated carbocycles. The van der Waals surface area contributed by atoms with E-state index in [0.717, 1.165) is 31.5 Å². The molecule has 0 aliphatic carbocycles. The highest BCUT2D eigenvalue weighted by atomic mass is 35.5. The molecule has 1 saturated heterocycles. The summed E-state index contributed by atoms with van der Waals surface area (Å²) in [6.45, 7) is 2.10. The Labute approximate surface area is 137 Å². The Kier molecular flexibility index (Phi) is 5.85. The van der Waals surface area contributed by atoms with Crippen molar-refractivity contribution in [1.29, 1.82) is 0 Å². The molecule has 5 nitrogen and oxygen atoms in total. The molecule has 1 aliphatic rings. The predicted molar refractivity (Wildman–Crippen MR) is 88.5 cm³/mol. The maximum Gasteiger partial charge on any atom is 0.211 e. The molecule has 0 bridgehead atoms. The van der Waals surface area contributed by atoms with Gasteiger partial charge in [0.05, 0.1) is 12.4 Å². The van der Waals surface area contributed by atoms with E-state index in [1.165, 1.54) is 10.6 Å². The van der Waals surface area contributed by atoms with Gasteiger partial charge < -0.3 is 10.0 Å². The second-order valence-corrected chi connectivity index (χ2v) is 8.36. The quantitative estimate of drug-likeness (QED) is 0.882. The van der Waals surface area contributed by atoms with E-state index in [-0.39, 0.29) is 6.04 Å². The molecule has 1 heterocycles. The van der Waals surface area contributed by atoms with Crippen molar-refractivity contribution in [1.82, 2.24) is 9.21 Å². The van der Waals surface area contributed by atoms with E-state index in [1.54, 1.807) is 19.2 Å². The summed E-state index contributed by atoms with van der Waals surface area (Å²) >= 11 is 5.94. The van der Waals surface area contributed by atoms with Crippen molar-refractivity contribution < 1.29 is 13.5 Å². The molecule has 1 aromatic rings. The smallest absolute Gasteiger partial charge is 0.211 e. The van der Waals surface area contributed by atoms with Crippen LogP contribution in [-0.4, -0.2) is 61.7 Å². The third-order valence-corrected chi connectivity index (χ3v) is 5.84. The van der Waals surface area contributed by atoms with Gasteiger partial charge in [-0.1, -0.05) is 23.7 Å². The number of hydrogen-bond acceptors (Lipinski definition) is 4. The number of aliphatic hydroxyl groups excluding tert-OH is 1. The first-order valence-corrected chi connectivity index (χ1v) is 9.59. The lowest BCUT2D eigenvalue weighted by Crippen LogP contribution is -2.46. The molecule has 124 valence electrons. The molecular weight excluding hydrogens is 324 g/mol. The van der Waals surface area contributed by atoms with Gasteiger partial charge >= 0.3 is 0 Å². The average molecular weight is 347 g/mol. The third kappa shape index (κ3) is 4.67. The molecule has 0 spiro atoms. The number of hydrogen-bond donors (Lipinski definition) is 1. The van der Waals surface area contributed by atoms with Gasteiger partial charge in [-0.15, -0.1) is 0 Å². The van der Waals surface area contributed by atoms with Crippen molar-refractivity contribution in [3.8, 4) is 0 Å². The van der Waals surface area contributed by atoms with Crippen LogP contribution in [0.25, 0.3) is 0 Å². The number of sulfonamides is 1. The molecule has 0 radical (unpaired) electrons. The lowest BCUT2D eigenvalue weighted by atomic mass is 10.0. The molecule has 7 heteroatoms. The second kappa shape index (κ2) is 7.27. The van der Waals surface area contributed by atoms with Crippen LogP contribution in [0.3, 0.4) is 0 Å².